The molecule has 0 radical (unpaired) electrons. The molecule has 0 spiro atoms. The molecular weight excluding hydrogens is 290 g/mol. The van der Waals surface area contributed by atoms with E-state index in [1.165, 1.54) is 7.11 Å². The number of anilines is 1. The largest absolute Gasteiger partial charge is 0.496 e. The number of hydrogen-bond donors (Lipinski definition) is 1. The second kappa shape index (κ2) is 7.11. The van der Waals surface area contributed by atoms with Gasteiger partial charge >= 0.3 is 0 Å². The molecule has 4 nitrogen and oxygen atoms in total. The van der Waals surface area contributed by atoms with E-state index in [1.54, 1.807) is 13.2 Å². The van der Waals surface area contributed by atoms with Gasteiger partial charge in [0.05, 0.1) is 7.11 Å². The lowest BCUT2D eigenvalue weighted by molar-refractivity contribution is -0.119. The molecule has 0 aromatic heterocycles. The van der Waals surface area contributed by atoms with Gasteiger partial charge in [-0.25, -0.2) is 0 Å². The van der Waals surface area contributed by atoms with Crippen molar-refractivity contribution in [3.8, 4) is 16.9 Å². The Labute approximate surface area is 128 Å². The zero-order valence-corrected chi connectivity index (χ0v) is 12.6. The molecule has 0 saturated carbocycles. The molecule has 1 amide bonds. The minimum atomic E-state index is -0.189. The van der Waals surface area contributed by atoms with Crippen LogP contribution in [0.2, 0.25) is 5.02 Å². The third-order valence-electron chi connectivity index (χ3n) is 2.92. The van der Waals surface area contributed by atoms with E-state index >= 15 is 0 Å². The SMILES string of the molecule is COCC(=O)Nc1ccc(-c2cc(Cl)ccc2OC)cc1. The predicted molar refractivity (Wildman–Crippen MR) is 83.9 cm³/mol. The van der Waals surface area contributed by atoms with Crippen LogP contribution in [0.3, 0.4) is 0 Å². The lowest BCUT2D eigenvalue weighted by Gasteiger charge is -2.10. The molecule has 110 valence electrons. The Morgan fingerprint density at radius 2 is 1.86 bits per heavy atom. The molecule has 0 unspecified atom stereocenters. The summed E-state index contributed by atoms with van der Waals surface area (Å²) in [5.41, 5.74) is 2.57. The van der Waals surface area contributed by atoms with E-state index in [-0.39, 0.29) is 12.5 Å². The van der Waals surface area contributed by atoms with Crippen molar-refractivity contribution >= 4 is 23.2 Å². The van der Waals surface area contributed by atoms with Crippen LogP contribution in [0.4, 0.5) is 5.69 Å². The molecule has 0 bridgehead atoms. The topological polar surface area (TPSA) is 47.6 Å². The van der Waals surface area contributed by atoms with Crippen LogP contribution in [-0.4, -0.2) is 26.7 Å². The van der Waals surface area contributed by atoms with Crippen LogP contribution < -0.4 is 10.1 Å². The van der Waals surface area contributed by atoms with Crippen molar-refractivity contribution in [3.63, 3.8) is 0 Å². The maximum atomic E-state index is 11.4. The van der Waals surface area contributed by atoms with E-state index in [1.807, 2.05) is 36.4 Å². The highest BCUT2D eigenvalue weighted by molar-refractivity contribution is 6.31. The number of hydrogen-bond acceptors (Lipinski definition) is 3. The summed E-state index contributed by atoms with van der Waals surface area (Å²) in [5.74, 6) is 0.557. The van der Waals surface area contributed by atoms with Gasteiger partial charge in [-0.2, -0.15) is 0 Å². The zero-order valence-electron chi connectivity index (χ0n) is 11.9. The van der Waals surface area contributed by atoms with Gasteiger partial charge in [-0.15, -0.1) is 0 Å². The number of carbonyl (C=O) groups excluding carboxylic acids is 1. The van der Waals surface area contributed by atoms with Crippen LogP contribution in [0.1, 0.15) is 0 Å². The fourth-order valence-electron chi connectivity index (χ4n) is 1.97. The average Bonchev–Trinajstić information content (AvgIpc) is 2.48. The summed E-state index contributed by atoms with van der Waals surface area (Å²) < 4.78 is 10.1. The van der Waals surface area contributed by atoms with Gasteiger partial charge in [0.25, 0.3) is 0 Å². The molecule has 0 fully saturated rings. The van der Waals surface area contributed by atoms with Crippen LogP contribution in [-0.2, 0) is 9.53 Å². The summed E-state index contributed by atoms with van der Waals surface area (Å²) in [6.07, 6.45) is 0. The average molecular weight is 306 g/mol. The highest BCUT2D eigenvalue weighted by Crippen LogP contribution is 2.32. The van der Waals surface area contributed by atoms with Gasteiger partial charge in [0.2, 0.25) is 5.91 Å². The molecule has 0 heterocycles. The molecule has 0 saturated heterocycles. The zero-order chi connectivity index (χ0) is 15.2. The summed E-state index contributed by atoms with van der Waals surface area (Å²) in [6, 6.07) is 12.9. The van der Waals surface area contributed by atoms with Gasteiger partial charge in [0, 0.05) is 23.4 Å². The molecule has 0 aliphatic carbocycles. The molecule has 2 aromatic carbocycles. The van der Waals surface area contributed by atoms with Gasteiger partial charge in [0.1, 0.15) is 12.4 Å². The van der Waals surface area contributed by atoms with E-state index in [0.29, 0.717) is 10.7 Å². The first-order valence-electron chi connectivity index (χ1n) is 6.37. The Hall–Kier alpha value is -2.04. The standard InChI is InChI=1S/C16H16ClNO3/c1-20-10-16(19)18-13-6-3-11(4-7-13)14-9-12(17)5-8-15(14)21-2/h3-9H,10H2,1-2H3,(H,18,19). The molecule has 21 heavy (non-hydrogen) atoms. The highest BCUT2D eigenvalue weighted by atomic mass is 35.5. The number of ether oxygens (including phenoxy) is 2. The Morgan fingerprint density at radius 1 is 1.14 bits per heavy atom. The first-order valence-corrected chi connectivity index (χ1v) is 6.74. The number of amides is 1. The Morgan fingerprint density at radius 3 is 2.48 bits per heavy atom. The second-order valence-electron chi connectivity index (χ2n) is 4.40. The molecular formula is C16H16ClNO3. The predicted octanol–water partition coefficient (Wildman–Crippen LogP) is 3.60. The molecule has 0 atom stereocenters. The number of benzene rings is 2. The van der Waals surface area contributed by atoms with Crippen molar-refractivity contribution in [2.45, 2.75) is 0 Å². The fraction of sp³-hybridized carbons (Fsp3) is 0.188. The second-order valence-corrected chi connectivity index (χ2v) is 4.84. The number of carbonyl (C=O) groups is 1. The monoisotopic (exact) mass is 305 g/mol. The Balaban J connectivity index is 2.23. The first-order chi connectivity index (χ1) is 10.1. The maximum Gasteiger partial charge on any atom is 0.250 e. The van der Waals surface area contributed by atoms with Crippen molar-refractivity contribution in [2.24, 2.45) is 0 Å². The van der Waals surface area contributed by atoms with Crippen LogP contribution >= 0.6 is 11.6 Å². The summed E-state index contributed by atoms with van der Waals surface area (Å²) in [4.78, 5) is 11.4. The van der Waals surface area contributed by atoms with E-state index in [4.69, 9.17) is 21.1 Å². The Kier molecular flexibility index (Phi) is 5.20. The lowest BCUT2D eigenvalue weighted by atomic mass is 10.0. The minimum absolute atomic E-state index is 0.0316. The van der Waals surface area contributed by atoms with Gasteiger partial charge in [-0.05, 0) is 35.9 Å². The summed E-state index contributed by atoms with van der Waals surface area (Å²) >= 11 is 6.03. The van der Waals surface area contributed by atoms with Crippen molar-refractivity contribution < 1.29 is 14.3 Å². The first kappa shape index (κ1) is 15.4. The lowest BCUT2D eigenvalue weighted by Crippen LogP contribution is -2.16. The van der Waals surface area contributed by atoms with Crippen LogP contribution in [0.25, 0.3) is 11.1 Å². The van der Waals surface area contributed by atoms with Gasteiger partial charge in [0.15, 0.2) is 0 Å². The van der Waals surface area contributed by atoms with Crippen molar-refractivity contribution in [3.05, 3.63) is 47.5 Å². The molecule has 0 aliphatic rings. The van der Waals surface area contributed by atoms with E-state index in [0.717, 1.165) is 16.9 Å². The smallest absolute Gasteiger partial charge is 0.250 e. The van der Waals surface area contributed by atoms with E-state index in [9.17, 15) is 4.79 Å². The van der Waals surface area contributed by atoms with E-state index in [2.05, 4.69) is 5.32 Å². The molecule has 1 N–H and O–H groups in total. The van der Waals surface area contributed by atoms with Crippen molar-refractivity contribution in [1.29, 1.82) is 0 Å². The van der Waals surface area contributed by atoms with Crippen molar-refractivity contribution in [2.75, 3.05) is 26.1 Å². The van der Waals surface area contributed by atoms with E-state index < -0.39 is 0 Å². The summed E-state index contributed by atoms with van der Waals surface area (Å²) in [6.45, 7) is 0.0316. The number of rotatable bonds is 5. The minimum Gasteiger partial charge on any atom is -0.496 e. The molecule has 2 aromatic rings. The molecule has 5 heteroatoms. The Bertz CT molecular complexity index is 626. The maximum absolute atomic E-state index is 11.4. The quantitative estimate of drug-likeness (QED) is 0.918. The fourth-order valence-corrected chi connectivity index (χ4v) is 2.14. The summed E-state index contributed by atoms with van der Waals surface area (Å²) in [5, 5.41) is 3.38. The number of nitrogens with one attached hydrogen (secondary N) is 1. The number of methoxy groups -OCH3 is 2. The van der Waals surface area contributed by atoms with Crippen molar-refractivity contribution in [1.82, 2.24) is 0 Å². The van der Waals surface area contributed by atoms with Crippen LogP contribution in [0, 0.1) is 0 Å². The molecule has 0 aliphatic heterocycles. The third kappa shape index (κ3) is 3.97. The number of halogens is 1. The summed E-state index contributed by atoms with van der Waals surface area (Å²) in [7, 11) is 3.10. The van der Waals surface area contributed by atoms with Gasteiger partial charge in [-0.3, -0.25) is 4.79 Å². The van der Waals surface area contributed by atoms with Gasteiger partial charge in [-0.1, -0.05) is 23.7 Å². The van der Waals surface area contributed by atoms with Crippen LogP contribution in [0.5, 0.6) is 5.75 Å². The highest BCUT2D eigenvalue weighted by Gasteiger charge is 2.07. The normalized spacial score (nSPS) is 10.2. The van der Waals surface area contributed by atoms with Gasteiger partial charge < -0.3 is 14.8 Å². The third-order valence-corrected chi connectivity index (χ3v) is 3.15. The molecule has 2 rings (SSSR count). The van der Waals surface area contributed by atoms with Crippen LogP contribution in [0.15, 0.2) is 42.5 Å².